The molecule has 0 saturated heterocycles. The third-order valence-electron chi connectivity index (χ3n) is 4.75. The van der Waals surface area contributed by atoms with E-state index in [1.165, 1.54) is 11.8 Å². The lowest BCUT2D eigenvalue weighted by Gasteiger charge is -2.24. The SMILES string of the molecule is CSc1ccc(S(=O)(=O)N(CC(=O)Nc2cccc(OC(C)C)c2)c2ccc(C)cc2)cc1. The summed E-state index contributed by atoms with van der Waals surface area (Å²) < 4.78 is 33.8. The van der Waals surface area contributed by atoms with Crippen LogP contribution in [0.1, 0.15) is 19.4 Å². The molecule has 0 aliphatic carbocycles. The predicted octanol–water partition coefficient (Wildman–Crippen LogP) is 5.34. The first kappa shape index (κ1) is 24.7. The van der Waals surface area contributed by atoms with Crippen LogP contribution in [0, 0.1) is 6.92 Å². The Hall–Kier alpha value is -2.97. The molecule has 0 aromatic heterocycles. The van der Waals surface area contributed by atoms with Gasteiger partial charge >= 0.3 is 0 Å². The number of carbonyl (C=O) groups excluding carboxylic acids is 1. The van der Waals surface area contributed by atoms with Gasteiger partial charge in [0.15, 0.2) is 0 Å². The van der Waals surface area contributed by atoms with Crippen LogP contribution < -0.4 is 14.4 Å². The van der Waals surface area contributed by atoms with E-state index >= 15 is 0 Å². The van der Waals surface area contributed by atoms with Gasteiger partial charge in [-0.3, -0.25) is 9.10 Å². The molecule has 0 saturated carbocycles. The van der Waals surface area contributed by atoms with E-state index in [9.17, 15) is 13.2 Å². The van der Waals surface area contributed by atoms with Crippen LogP contribution in [0.3, 0.4) is 0 Å². The first-order chi connectivity index (χ1) is 15.7. The molecule has 33 heavy (non-hydrogen) atoms. The molecule has 0 radical (unpaired) electrons. The van der Waals surface area contributed by atoms with E-state index in [2.05, 4.69) is 5.32 Å². The number of nitrogens with zero attached hydrogens (tertiary/aromatic N) is 1. The standard InChI is InChI=1S/C25H28N2O4S2/c1-18(2)31-22-7-5-6-20(16-22)26-25(28)17-27(21-10-8-19(3)9-11-21)33(29,30)24-14-12-23(32-4)13-15-24/h5-16,18H,17H2,1-4H3,(H,26,28). The Labute approximate surface area is 200 Å². The number of ether oxygens (including phenoxy) is 1. The predicted molar refractivity (Wildman–Crippen MR) is 135 cm³/mol. The Morgan fingerprint density at radius 2 is 1.70 bits per heavy atom. The second kappa shape index (κ2) is 10.8. The third kappa shape index (κ3) is 6.52. The van der Waals surface area contributed by atoms with Gasteiger partial charge < -0.3 is 10.1 Å². The number of sulfonamides is 1. The van der Waals surface area contributed by atoms with Crippen LogP contribution >= 0.6 is 11.8 Å². The molecule has 0 spiro atoms. The quantitative estimate of drug-likeness (QED) is 0.415. The van der Waals surface area contributed by atoms with Crippen molar-refractivity contribution in [1.82, 2.24) is 0 Å². The fraction of sp³-hybridized carbons (Fsp3) is 0.240. The van der Waals surface area contributed by atoms with Crippen LogP contribution in [0.4, 0.5) is 11.4 Å². The molecule has 3 aromatic carbocycles. The second-order valence-corrected chi connectivity index (χ2v) is 10.5. The summed E-state index contributed by atoms with van der Waals surface area (Å²) in [5, 5.41) is 2.78. The lowest BCUT2D eigenvalue weighted by molar-refractivity contribution is -0.114. The first-order valence-electron chi connectivity index (χ1n) is 10.5. The summed E-state index contributed by atoms with van der Waals surface area (Å²) in [5.41, 5.74) is 1.94. The van der Waals surface area contributed by atoms with E-state index in [0.29, 0.717) is 17.1 Å². The van der Waals surface area contributed by atoms with Gasteiger partial charge in [-0.25, -0.2) is 8.42 Å². The zero-order valence-corrected chi connectivity index (χ0v) is 20.7. The van der Waals surface area contributed by atoms with Gasteiger partial charge in [-0.05, 0) is 75.6 Å². The molecule has 8 heteroatoms. The molecule has 3 rings (SSSR count). The Morgan fingerprint density at radius 1 is 1.03 bits per heavy atom. The van der Waals surface area contributed by atoms with Crippen molar-refractivity contribution in [2.75, 3.05) is 22.4 Å². The maximum atomic E-state index is 13.5. The number of benzene rings is 3. The van der Waals surface area contributed by atoms with E-state index in [4.69, 9.17) is 4.74 Å². The number of carbonyl (C=O) groups is 1. The molecule has 6 nitrogen and oxygen atoms in total. The maximum Gasteiger partial charge on any atom is 0.264 e. The largest absolute Gasteiger partial charge is 0.491 e. The molecule has 0 heterocycles. The number of amides is 1. The fourth-order valence-electron chi connectivity index (χ4n) is 3.15. The monoisotopic (exact) mass is 484 g/mol. The third-order valence-corrected chi connectivity index (χ3v) is 7.28. The van der Waals surface area contributed by atoms with Gasteiger partial charge in [-0.1, -0.05) is 23.8 Å². The number of nitrogens with one attached hydrogen (secondary N) is 1. The lowest BCUT2D eigenvalue weighted by atomic mass is 10.2. The second-order valence-electron chi connectivity index (χ2n) is 7.77. The van der Waals surface area contributed by atoms with Gasteiger partial charge in [0.05, 0.1) is 16.7 Å². The molecular formula is C25H28N2O4S2. The van der Waals surface area contributed by atoms with E-state index in [0.717, 1.165) is 14.8 Å². The minimum atomic E-state index is -3.96. The van der Waals surface area contributed by atoms with Crippen molar-refractivity contribution in [1.29, 1.82) is 0 Å². The van der Waals surface area contributed by atoms with Crippen LogP contribution in [0.25, 0.3) is 0 Å². The Balaban J connectivity index is 1.88. The van der Waals surface area contributed by atoms with Crippen LogP contribution in [0.2, 0.25) is 0 Å². The van der Waals surface area contributed by atoms with Crippen molar-refractivity contribution < 1.29 is 17.9 Å². The molecule has 0 aliphatic rings. The van der Waals surface area contributed by atoms with E-state index in [-0.39, 0.29) is 17.5 Å². The highest BCUT2D eigenvalue weighted by atomic mass is 32.2. The zero-order chi connectivity index (χ0) is 24.0. The van der Waals surface area contributed by atoms with Crippen molar-refractivity contribution in [3.05, 3.63) is 78.4 Å². The Morgan fingerprint density at radius 3 is 2.30 bits per heavy atom. The van der Waals surface area contributed by atoms with Gasteiger partial charge in [-0.15, -0.1) is 11.8 Å². The minimum absolute atomic E-state index is 0.00406. The van der Waals surface area contributed by atoms with Crippen molar-refractivity contribution in [3.63, 3.8) is 0 Å². The summed E-state index contributed by atoms with van der Waals surface area (Å²) in [4.78, 5) is 14.0. The van der Waals surface area contributed by atoms with Crippen LogP contribution in [0.15, 0.2) is 82.6 Å². The maximum absolute atomic E-state index is 13.5. The van der Waals surface area contributed by atoms with Gasteiger partial charge in [0.1, 0.15) is 12.3 Å². The number of thioether (sulfide) groups is 1. The van der Waals surface area contributed by atoms with Gasteiger partial charge in [0.25, 0.3) is 10.0 Å². The summed E-state index contributed by atoms with van der Waals surface area (Å²) in [7, 11) is -3.96. The van der Waals surface area contributed by atoms with E-state index < -0.39 is 15.9 Å². The molecule has 3 aromatic rings. The van der Waals surface area contributed by atoms with Gasteiger partial charge in [0.2, 0.25) is 5.91 Å². The number of anilines is 2. The summed E-state index contributed by atoms with van der Waals surface area (Å²) in [5.74, 6) is 0.168. The smallest absolute Gasteiger partial charge is 0.264 e. The highest BCUT2D eigenvalue weighted by molar-refractivity contribution is 7.98. The first-order valence-corrected chi connectivity index (χ1v) is 13.2. The van der Waals surface area contributed by atoms with E-state index in [1.54, 1.807) is 60.7 Å². The number of aryl methyl sites for hydroxylation is 1. The topological polar surface area (TPSA) is 75.7 Å². The number of rotatable bonds is 9. The van der Waals surface area contributed by atoms with Crippen LogP contribution in [0.5, 0.6) is 5.75 Å². The summed E-state index contributed by atoms with van der Waals surface area (Å²) >= 11 is 1.53. The normalized spacial score (nSPS) is 11.3. The zero-order valence-electron chi connectivity index (χ0n) is 19.1. The molecular weight excluding hydrogens is 456 g/mol. The summed E-state index contributed by atoms with van der Waals surface area (Å²) in [6.07, 6.45) is 1.92. The van der Waals surface area contributed by atoms with Crippen molar-refractivity contribution >= 4 is 39.1 Å². The van der Waals surface area contributed by atoms with Crippen LogP contribution in [-0.2, 0) is 14.8 Å². The van der Waals surface area contributed by atoms with Gasteiger partial charge in [-0.2, -0.15) is 0 Å². The summed E-state index contributed by atoms with van der Waals surface area (Å²) in [6, 6.07) is 20.7. The molecule has 0 fully saturated rings. The van der Waals surface area contributed by atoms with Crippen molar-refractivity contribution in [2.24, 2.45) is 0 Å². The molecule has 0 atom stereocenters. The Kier molecular flexibility index (Phi) is 8.05. The van der Waals surface area contributed by atoms with Crippen LogP contribution in [-0.4, -0.2) is 33.2 Å². The van der Waals surface area contributed by atoms with E-state index in [1.807, 2.05) is 39.2 Å². The average molecular weight is 485 g/mol. The number of hydrogen-bond acceptors (Lipinski definition) is 5. The van der Waals surface area contributed by atoms with Crippen molar-refractivity contribution in [2.45, 2.75) is 36.7 Å². The molecule has 0 unspecified atom stereocenters. The van der Waals surface area contributed by atoms with Crippen molar-refractivity contribution in [3.8, 4) is 5.75 Å². The molecule has 174 valence electrons. The fourth-order valence-corrected chi connectivity index (χ4v) is 4.98. The highest BCUT2D eigenvalue weighted by Crippen LogP contribution is 2.26. The molecule has 0 bridgehead atoms. The van der Waals surface area contributed by atoms with Gasteiger partial charge in [0, 0.05) is 16.6 Å². The highest BCUT2D eigenvalue weighted by Gasteiger charge is 2.27. The molecule has 0 aliphatic heterocycles. The summed E-state index contributed by atoms with van der Waals surface area (Å²) in [6.45, 7) is 5.39. The number of hydrogen-bond donors (Lipinski definition) is 1. The molecule has 1 N–H and O–H groups in total. The Bertz CT molecular complexity index is 1190. The lowest BCUT2D eigenvalue weighted by Crippen LogP contribution is -2.38. The minimum Gasteiger partial charge on any atom is -0.491 e. The molecule has 1 amide bonds. The average Bonchev–Trinajstić information content (AvgIpc) is 2.78.